The van der Waals surface area contributed by atoms with Crippen LogP contribution in [-0.2, 0) is 4.79 Å². The minimum atomic E-state index is -0.827. The van der Waals surface area contributed by atoms with Crippen molar-refractivity contribution in [1.29, 1.82) is 0 Å². The molecule has 2 atom stereocenters. The van der Waals surface area contributed by atoms with Crippen LogP contribution in [0, 0.1) is 12.8 Å². The molecule has 110 valence electrons. The molecule has 1 aliphatic heterocycles. The Morgan fingerprint density at radius 1 is 1.65 bits per heavy atom. The van der Waals surface area contributed by atoms with Gasteiger partial charge >= 0.3 is 12.0 Å². The van der Waals surface area contributed by atoms with E-state index >= 15 is 0 Å². The van der Waals surface area contributed by atoms with Gasteiger partial charge in [0.25, 0.3) is 0 Å². The van der Waals surface area contributed by atoms with Crippen molar-refractivity contribution in [3.05, 3.63) is 16.1 Å². The quantitative estimate of drug-likeness (QED) is 0.885. The third-order valence-corrected chi connectivity index (χ3v) is 4.59. The standard InChI is InChI=1S/C13H19N3O3S/c1-8(11-14-6-9(2)20-11)5-15-13(19)16-4-3-10(7-16)12(17)18/h6,8,10H,3-5,7H2,1-2H3,(H,15,19)(H,17,18). The molecule has 1 aromatic rings. The van der Waals surface area contributed by atoms with Crippen molar-refractivity contribution in [3.63, 3.8) is 0 Å². The zero-order chi connectivity index (χ0) is 14.7. The summed E-state index contributed by atoms with van der Waals surface area (Å²) in [6.45, 7) is 5.34. The maximum absolute atomic E-state index is 12.0. The summed E-state index contributed by atoms with van der Waals surface area (Å²) in [5.74, 6) is -1.10. The van der Waals surface area contributed by atoms with Crippen molar-refractivity contribution in [2.45, 2.75) is 26.2 Å². The van der Waals surface area contributed by atoms with Crippen LogP contribution >= 0.6 is 11.3 Å². The van der Waals surface area contributed by atoms with E-state index in [0.717, 1.165) is 9.88 Å². The highest BCUT2D eigenvalue weighted by atomic mass is 32.1. The third kappa shape index (κ3) is 3.47. The molecule has 0 saturated carbocycles. The molecular weight excluding hydrogens is 278 g/mol. The molecule has 7 heteroatoms. The lowest BCUT2D eigenvalue weighted by Gasteiger charge is -2.18. The molecule has 2 heterocycles. The van der Waals surface area contributed by atoms with Gasteiger partial charge < -0.3 is 15.3 Å². The lowest BCUT2D eigenvalue weighted by atomic mass is 10.1. The Morgan fingerprint density at radius 3 is 2.95 bits per heavy atom. The average Bonchev–Trinajstić information content (AvgIpc) is 3.04. The van der Waals surface area contributed by atoms with Gasteiger partial charge in [0.2, 0.25) is 0 Å². The topological polar surface area (TPSA) is 82.5 Å². The van der Waals surface area contributed by atoms with Crippen molar-refractivity contribution >= 4 is 23.3 Å². The average molecular weight is 297 g/mol. The summed E-state index contributed by atoms with van der Waals surface area (Å²) in [7, 11) is 0. The fourth-order valence-electron chi connectivity index (χ4n) is 2.19. The van der Waals surface area contributed by atoms with E-state index in [2.05, 4.69) is 10.3 Å². The first-order valence-corrected chi connectivity index (χ1v) is 7.47. The summed E-state index contributed by atoms with van der Waals surface area (Å²) >= 11 is 1.63. The van der Waals surface area contributed by atoms with E-state index in [-0.39, 0.29) is 11.9 Å². The predicted octanol–water partition coefficient (Wildman–Crippen LogP) is 1.67. The molecule has 0 spiro atoms. The Balaban J connectivity index is 1.79. The summed E-state index contributed by atoms with van der Waals surface area (Å²) in [6, 6.07) is -0.186. The lowest BCUT2D eigenvalue weighted by Crippen LogP contribution is -2.40. The molecule has 0 bridgehead atoms. The second-order valence-corrected chi connectivity index (χ2v) is 6.43. The predicted molar refractivity (Wildman–Crippen MR) is 76.0 cm³/mol. The fraction of sp³-hybridized carbons (Fsp3) is 0.615. The minimum absolute atomic E-state index is 0.163. The Morgan fingerprint density at radius 2 is 2.40 bits per heavy atom. The van der Waals surface area contributed by atoms with Crippen LogP contribution in [0.3, 0.4) is 0 Å². The van der Waals surface area contributed by atoms with E-state index in [1.54, 1.807) is 16.2 Å². The van der Waals surface area contributed by atoms with Crippen molar-refractivity contribution in [1.82, 2.24) is 15.2 Å². The SMILES string of the molecule is Cc1cnc(C(C)CNC(=O)N2CCC(C(=O)O)C2)s1. The summed E-state index contributed by atoms with van der Waals surface area (Å²) < 4.78 is 0. The molecule has 0 aliphatic carbocycles. The number of carbonyl (C=O) groups excluding carboxylic acids is 1. The minimum Gasteiger partial charge on any atom is -0.481 e. The van der Waals surface area contributed by atoms with Gasteiger partial charge in [0, 0.05) is 36.6 Å². The first kappa shape index (κ1) is 14.8. The number of aliphatic carboxylic acids is 1. The van der Waals surface area contributed by atoms with Crippen LogP contribution in [0.15, 0.2) is 6.20 Å². The van der Waals surface area contributed by atoms with Gasteiger partial charge in [-0.1, -0.05) is 6.92 Å². The summed E-state index contributed by atoms with van der Waals surface area (Å²) in [4.78, 5) is 29.8. The number of carboxylic acid groups (broad SMARTS) is 1. The number of nitrogens with one attached hydrogen (secondary N) is 1. The Bertz CT molecular complexity index is 503. The number of amides is 2. The number of thiazole rings is 1. The molecule has 0 radical (unpaired) electrons. The number of hydrogen-bond donors (Lipinski definition) is 2. The van der Waals surface area contributed by atoms with Gasteiger partial charge in [-0.05, 0) is 13.3 Å². The summed E-state index contributed by atoms with van der Waals surface area (Å²) in [6.07, 6.45) is 2.36. The van der Waals surface area contributed by atoms with E-state index in [9.17, 15) is 9.59 Å². The van der Waals surface area contributed by atoms with Crippen molar-refractivity contribution in [3.8, 4) is 0 Å². The number of likely N-dealkylation sites (tertiary alicyclic amines) is 1. The maximum atomic E-state index is 12.0. The van der Waals surface area contributed by atoms with Gasteiger partial charge in [-0.3, -0.25) is 4.79 Å². The fourth-order valence-corrected chi connectivity index (χ4v) is 3.01. The Labute approximate surface area is 121 Å². The normalized spacial score (nSPS) is 19.9. The van der Waals surface area contributed by atoms with Crippen molar-refractivity contribution in [2.75, 3.05) is 19.6 Å². The molecule has 2 amide bonds. The molecule has 1 aliphatic rings. The smallest absolute Gasteiger partial charge is 0.317 e. The Kier molecular flexibility index (Phi) is 4.59. The maximum Gasteiger partial charge on any atom is 0.317 e. The number of carboxylic acids is 1. The molecule has 1 aromatic heterocycles. The first-order valence-electron chi connectivity index (χ1n) is 6.65. The lowest BCUT2D eigenvalue weighted by molar-refractivity contribution is -0.141. The number of rotatable bonds is 4. The molecular formula is C13H19N3O3S. The van der Waals surface area contributed by atoms with Crippen LogP contribution in [0.1, 0.15) is 29.1 Å². The van der Waals surface area contributed by atoms with Crippen LogP contribution in [0.2, 0.25) is 0 Å². The highest BCUT2D eigenvalue weighted by Gasteiger charge is 2.30. The van der Waals surface area contributed by atoms with Crippen LogP contribution in [0.25, 0.3) is 0 Å². The molecule has 2 unspecified atom stereocenters. The van der Waals surface area contributed by atoms with E-state index in [1.165, 1.54) is 0 Å². The zero-order valence-corrected chi connectivity index (χ0v) is 12.4. The van der Waals surface area contributed by atoms with E-state index in [0.29, 0.717) is 26.1 Å². The van der Waals surface area contributed by atoms with Crippen LogP contribution in [0.5, 0.6) is 0 Å². The van der Waals surface area contributed by atoms with Crippen LogP contribution in [-0.4, -0.2) is 46.6 Å². The van der Waals surface area contributed by atoms with Gasteiger partial charge in [0.05, 0.1) is 10.9 Å². The second kappa shape index (κ2) is 6.21. The van der Waals surface area contributed by atoms with Crippen molar-refractivity contribution < 1.29 is 14.7 Å². The largest absolute Gasteiger partial charge is 0.481 e. The van der Waals surface area contributed by atoms with E-state index < -0.39 is 11.9 Å². The number of aromatic nitrogens is 1. The van der Waals surface area contributed by atoms with Crippen LogP contribution < -0.4 is 5.32 Å². The molecule has 6 nitrogen and oxygen atoms in total. The van der Waals surface area contributed by atoms with E-state index in [4.69, 9.17) is 5.11 Å². The molecule has 2 rings (SSSR count). The highest BCUT2D eigenvalue weighted by Crippen LogP contribution is 2.21. The van der Waals surface area contributed by atoms with Gasteiger partial charge in [-0.2, -0.15) is 0 Å². The zero-order valence-electron chi connectivity index (χ0n) is 11.6. The highest BCUT2D eigenvalue weighted by molar-refractivity contribution is 7.11. The number of hydrogen-bond acceptors (Lipinski definition) is 4. The number of urea groups is 1. The number of aryl methyl sites for hydroxylation is 1. The van der Waals surface area contributed by atoms with Crippen molar-refractivity contribution in [2.24, 2.45) is 5.92 Å². The second-order valence-electron chi connectivity index (χ2n) is 5.17. The van der Waals surface area contributed by atoms with Gasteiger partial charge in [0.15, 0.2) is 0 Å². The number of carbonyl (C=O) groups is 2. The monoisotopic (exact) mass is 297 g/mol. The summed E-state index contributed by atoms with van der Waals surface area (Å²) in [5, 5.41) is 12.8. The molecule has 1 saturated heterocycles. The Hall–Kier alpha value is -1.63. The van der Waals surface area contributed by atoms with Gasteiger partial charge in [0.1, 0.15) is 0 Å². The summed E-state index contributed by atoms with van der Waals surface area (Å²) in [5.41, 5.74) is 0. The number of nitrogens with zero attached hydrogens (tertiary/aromatic N) is 2. The third-order valence-electron chi connectivity index (χ3n) is 3.44. The molecule has 2 N–H and O–H groups in total. The van der Waals surface area contributed by atoms with Crippen LogP contribution in [0.4, 0.5) is 4.79 Å². The molecule has 20 heavy (non-hydrogen) atoms. The molecule has 0 aromatic carbocycles. The van der Waals surface area contributed by atoms with E-state index in [1.807, 2.05) is 20.0 Å². The first-order chi connectivity index (χ1) is 9.47. The molecule has 1 fully saturated rings. The van der Waals surface area contributed by atoms with Gasteiger partial charge in [-0.25, -0.2) is 9.78 Å². The van der Waals surface area contributed by atoms with Gasteiger partial charge in [-0.15, -0.1) is 11.3 Å².